The molecule has 98 valence electrons. The van der Waals surface area contributed by atoms with Crippen LogP contribution in [0.5, 0.6) is 0 Å². The Morgan fingerprint density at radius 1 is 1.29 bits per heavy atom. The Morgan fingerprint density at radius 3 is 2.71 bits per heavy atom. The van der Waals surface area contributed by atoms with Crippen LogP contribution in [0, 0.1) is 5.92 Å². The van der Waals surface area contributed by atoms with E-state index in [1.54, 1.807) is 0 Å². The quantitative estimate of drug-likeness (QED) is 0.661. The van der Waals surface area contributed by atoms with E-state index in [9.17, 15) is 4.79 Å². The first kappa shape index (κ1) is 12.8. The highest BCUT2D eigenvalue weighted by molar-refractivity contribution is 5.82. The second-order valence-corrected chi connectivity index (χ2v) is 5.43. The maximum absolute atomic E-state index is 12.0. The van der Waals surface area contributed by atoms with E-state index in [-0.39, 0.29) is 11.9 Å². The van der Waals surface area contributed by atoms with Crippen LogP contribution in [0.25, 0.3) is 0 Å². The van der Waals surface area contributed by atoms with E-state index in [1.165, 1.54) is 6.42 Å². The van der Waals surface area contributed by atoms with Gasteiger partial charge in [-0.25, -0.2) is 0 Å². The zero-order valence-corrected chi connectivity index (χ0v) is 10.9. The van der Waals surface area contributed by atoms with E-state index in [0.29, 0.717) is 5.92 Å². The highest BCUT2D eigenvalue weighted by atomic mass is 16.2. The smallest absolute Gasteiger partial charge is 0.238 e. The van der Waals surface area contributed by atoms with Crippen LogP contribution in [0.4, 0.5) is 0 Å². The highest BCUT2D eigenvalue weighted by Crippen LogP contribution is 2.12. The van der Waals surface area contributed by atoms with Gasteiger partial charge >= 0.3 is 0 Å². The van der Waals surface area contributed by atoms with Gasteiger partial charge in [0.25, 0.3) is 0 Å². The van der Waals surface area contributed by atoms with Crippen molar-refractivity contribution in [2.24, 2.45) is 5.92 Å². The molecule has 2 fully saturated rings. The maximum atomic E-state index is 12.0. The van der Waals surface area contributed by atoms with Crippen LogP contribution < -0.4 is 10.6 Å². The normalized spacial score (nSPS) is 31.6. The van der Waals surface area contributed by atoms with Gasteiger partial charge in [-0.05, 0) is 33.0 Å². The van der Waals surface area contributed by atoms with Crippen molar-refractivity contribution in [2.45, 2.75) is 12.5 Å². The Balaban J connectivity index is 1.69. The minimum absolute atomic E-state index is 0.0344. The van der Waals surface area contributed by atoms with Crippen molar-refractivity contribution < 1.29 is 4.79 Å². The molecule has 0 aromatic carbocycles. The number of piperazine rings is 1. The molecule has 2 aliphatic heterocycles. The number of nitrogens with one attached hydrogen (secondary N) is 2. The molecule has 2 N–H and O–H groups in total. The average molecular weight is 240 g/mol. The first-order valence-corrected chi connectivity index (χ1v) is 6.53. The fourth-order valence-corrected chi connectivity index (χ4v) is 2.63. The van der Waals surface area contributed by atoms with E-state index in [2.05, 4.69) is 34.5 Å². The number of hydrogen-bond acceptors (Lipinski definition) is 4. The molecule has 5 heteroatoms. The second kappa shape index (κ2) is 5.80. The number of carbonyl (C=O) groups excluding carboxylic acids is 1. The van der Waals surface area contributed by atoms with Crippen LogP contribution >= 0.6 is 0 Å². The van der Waals surface area contributed by atoms with Crippen molar-refractivity contribution in [1.82, 2.24) is 20.4 Å². The summed E-state index contributed by atoms with van der Waals surface area (Å²) in [7, 11) is 4.20. The summed E-state index contributed by atoms with van der Waals surface area (Å²) >= 11 is 0. The molecule has 2 rings (SSSR count). The van der Waals surface area contributed by atoms with Crippen molar-refractivity contribution >= 4 is 5.91 Å². The minimum Gasteiger partial charge on any atom is -0.354 e. The van der Waals surface area contributed by atoms with E-state index in [1.807, 2.05) is 0 Å². The fraction of sp³-hybridized carbons (Fsp3) is 0.917. The predicted octanol–water partition coefficient (Wildman–Crippen LogP) is -1.04. The zero-order valence-electron chi connectivity index (χ0n) is 10.9. The molecule has 17 heavy (non-hydrogen) atoms. The van der Waals surface area contributed by atoms with Gasteiger partial charge in [0.05, 0.1) is 6.04 Å². The van der Waals surface area contributed by atoms with Crippen LogP contribution in [-0.4, -0.2) is 75.1 Å². The number of nitrogens with zero attached hydrogens (tertiary/aromatic N) is 2. The molecule has 0 aromatic heterocycles. The Bertz CT molecular complexity index is 271. The van der Waals surface area contributed by atoms with Crippen molar-refractivity contribution in [3.05, 3.63) is 0 Å². The molecule has 0 radical (unpaired) electrons. The third-order valence-corrected chi connectivity index (χ3v) is 3.75. The van der Waals surface area contributed by atoms with Gasteiger partial charge in [0.2, 0.25) is 5.91 Å². The van der Waals surface area contributed by atoms with Crippen molar-refractivity contribution in [2.75, 3.05) is 53.4 Å². The van der Waals surface area contributed by atoms with Crippen LogP contribution in [0.3, 0.4) is 0 Å². The van der Waals surface area contributed by atoms with Crippen molar-refractivity contribution in [3.63, 3.8) is 0 Å². The molecular formula is C12H24N4O. The molecule has 5 nitrogen and oxygen atoms in total. The van der Waals surface area contributed by atoms with Gasteiger partial charge < -0.3 is 20.4 Å². The lowest BCUT2D eigenvalue weighted by atomic mass is 10.1. The highest BCUT2D eigenvalue weighted by Gasteiger charge is 2.25. The number of hydrogen-bond donors (Lipinski definition) is 2. The Kier molecular flexibility index (Phi) is 4.36. The average Bonchev–Trinajstić information content (AvgIpc) is 2.72. The summed E-state index contributed by atoms with van der Waals surface area (Å²) in [6.07, 6.45) is 1.20. The third-order valence-electron chi connectivity index (χ3n) is 3.75. The number of rotatable bonds is 3. The summed E-state index contributed by atoms with van der Waals surface area (Å²) in [6, 6.07) is -0.0344. The Labute approximate surface area is 104 Å². The summed E-state index contributed by atoms with van der Waals surface area (Å²) in [6.45, 7) is 5.84. The van der Waals surface area contributed by atoms with E-state index in [4.69, 9.17) is 0 Å². The van der Waals surface area contributed by atoms with Crippen molar-refractivity contribution in [3.8, 4) is 0 Å². The summed E-state index contributed by atoms with van der Waals surface area (Å²) in [5, 5.41) is 6.35. The summed E-state index contributed by atoms with van der Waals surface area (Å²) in [4.78, 5) is 16.5. The van der Waals surface area contributed by atoms with Crippen molar-refractivity contribution in [1.29, 1.82) is 0 Å². The lowest BCUT2D eigenvalue weighted by Crippen LogP contribution is -2.56. The maximum Gasteiger partial charge on any atom is 0.238 e. The topological polar surface area (TPSA) is 47.6 Å². The van der Waals surface area contributed by atoms with Gasteiger partial charge in [-0.1, -0.05) is 0 Å². The molecule has 0 aliphatic carbocycles. The van der Waals surface area contributed by atoms with Crippen LogP contribution in [0.1, 0.15) is 6.42 Å². The Hall–Kier alpha value is -0.650. The second-order valence-electron chi connectivity index (χ2n) is 5.43. The molecular weight excluding hydrogens is 216 g/mol. The number of amides is 1. The third kappa shape index (κ3) is 3.66. The summed E-state index contributed by atoms with van der Waals surface area (Å²) < 4.78 is 0. The number of likely N-dealkylation sites (tertiary alicyclic amines) is 1. The van der Waals surface area contributed by atoms with Gasteiger partial charge in [0.1, 0.15) is 0 Å². The number of carbonyl (C=O) groups is 1. The zero-order chi connectivity index (χ0) is 12.3. The fourth-order valence-electron chi connectivity index (χ4n) is 2.63. The monoisotopic (exact) mass is 240 g/mol. The van der Waals surface area contributed by atoms with Crippen LogP contribution in [0.2, 0.25) is 0 Å². The van der Waals surface area contributed by atoms with Gasteiger partial charge in [-0.3, -0.25) is 4.79 Å². The van der Waals surface area contributed by atoms with E-state index >= 15 is 0 Å². The van der Waals surface area contributed by atoms with Crippen LogP contribution in [-0.2, 0) is 4.79 Å². The van der Waals surface area contributed by atoms with Gasteiger partial charge in [-0.15, -0.1) is 0 Å². The van der Waals surface area contributed by atoms with E-state index in [0.717, 1.165) is 39.3 Å². The summed E-state index contributed by atoms with van der Waals surface area (Å²) in [5.74, 6) is 0.788. The Morgan fingerprint density at radius 2 is 2.06 bits per heavy atom. The molecule has 2 heterocycles. The molecule has 0 bridgehead atoms. The standard InChI is InChI=1S/C12H24N4O/c1-15-5-3-10(8-15)7-14-12(17)11-9-16(2)6-4-13-11/h10-11,13H,3-9H2,1-2H3,(H,14,17). The molecule has 2 saturated heterocycles. The number of likely N-dealkylation sites (N-methyl/N-ethyl adjacent to an activating group) is 1. The van der Waals surface area contributed by atoms with E-state index < -0.39 is 0 Å². The molecule has 0 saturated carbocycles. The first-order chi connectivity index (χ1) is 8.15. The van der Waals surface area contributed by atoms with Gasteiger partial charge in [0, 0.05) is 32.7 Å². The molecule has 2 unspecified atom stereocenters. The lowest BCUT2D eigenvalue weighted by molar-refractivity contribution is -0.124. The summed E-state index contributed by atoms with van der Waals surface area (Å²) in [5.41, 5.74) is 0. The predicted molar refractivity (Wildman–Crippen MR) is 67.9 cm³/mol. The van der Waals surface area contributed by atoms with Crippen LogP contribution in [0.15, 0.2) is 0 Å². The molecule has 1 amide bonds. The molecule has 0 spiro atoms. The van der Waals surface area contributed by atoms with Gasteiger partial charge in [0.15, 0.2) is 0 Å². The molecule has 2 atom stereocenters. The van der Waals surface area contributed by atoms with Gasteiger partial charge in [-0.2, -0.15) is 0 Å². The SMILES string of the molecule is CN1CCC(CNC(=O)C2CN(C)CCN2)C1. The molecule has 0 aromatic rings. The first-order valence-electron chi connectivity index (χ1n) is 6.53. The lowest BCUT2D eigenvalue weighted by Gasteiger charge is -2.30. The molecule has 2 aliphatic rings. The minimum atomic E-state index is -0.0344. The largest absolute Gasteiger partial charge is 0.354 e.